The van der Waals surface area contributed by atoms with E-state index in [1.165, 1.54) is 19.2 Å². The van der Waals surface area contributed by atoms with Crippen LogP contribution in [0, 0.1) is 5.82 Å². The van der Waals surface area contributed by atoms with Crippen molar-refractivity contribution in [1.82, 2.24) is 0 Å². The molecule has 0 fully saturated rings. The van der Waals surface area contributed by atoms with Crippen molar-refractivity contribution >= 4 is 11.7 Å². The molecule has 0 saturated carbocycles. The van der Waals surface area contributed by atoms with E-state index >= 15 is 0 Å². The van der Waals surface area contributed by atoms with E-state index in [-0.39, 0.29) is 11.8 Å². The van der Waals surface area contributed by atoms with E-state index in [2.05, 4.69) is 12.2 Å². The number of unbranched alkanes of at least 4 members (excludes halogenated alkanes) is 3. The lowest BCUT2D eigenvalue weighted by Gasteiger charge is -2.17. The topological polar surface area (TPSA) is 38.3 Å². The predicted molar refractivity (Wildman–Crippen MR) is 74.6 cm³/mol. The van der Waals surface area contributed by atoms with Gasteiger partial charge in [-0.3, -0.25) is 0 Å². The predicted octanol–water partition coefficient (Wildman–Crippen LogP) is 3.75. The molecule has 0 aliphatic heterocycles. The molecule has 1 aromatic rings. The van der Waals surface area contributed by atoms with E-state index in [1.54, 1.807) is 12.1 Å². The molecular formula is C15H22FNO2. The molecule has 3 nitrogen and oxygen atoms in total. The van der Waals surface area contributed by atoms with Crippen LogP contribution in [-0.4, -0.2) is 19.1 Å². The molecule has 1 aromatic carbocycles. The molecule has 0 aromatic heterocycles. The molecular weight excluding hydrogens is 245 g/mol. The van der Waals surface area contributed by atoms with E-state index in [0.717, 1.165) is 25.7 Å². The highest BCUT2D eigenvalue weighted by molar-refractivity contribution is 5.79. The van der Waals surface area contributed by atoms with Gasteiger partial charge in [0.2, 0.25) is 0 Å². The van der Waals surface area contributed by atoms with E-state index in [0.29, 0.717) is 12.1 Å². The fraction of sp³-hybridized carbons (Fsp3) is 0.533. The number of ether oxygens (including phenoxy) is 1. The van der Waals surface area contributed by atoms with Crippen molar-refractivity contribution in [2.75, 3.05) is 12.4 Å². The lowest BCUT2D eigenvalue weighted by molar-refractivity contribution is -0.141. The molecule has 1 atom stereocenters. The zero-order valence-corrected chi connectivity index (χ0v) is 11.6. The van der Waals surface area contributed by atoms with Crippen LogP contribution in [0.3, 0.4) is 0 Å². The number of carbonyl (C=O) groups is 1. The van der Waals surface area contributed by atoms with Gasteiger partial charge in [0.25, 0.3) is 0 Å². The van der Waals surface area contributed by atoms with Crippen LogP contribution >= 0.6 is 0 Å². The van der Waals surface area contributed by atoms with Gasteiger partial charge in [0.05, 0.1) is 7.11 Å². The van der Waals surface area contributed by atoms with Crippen LogP contribution in [0.15, 0.2) is 24.3 Å². The average molecular weight is 267 g/mol. The quantitative estimate of drug-likeness (QED) is 0.576. The van der Waals surface area contributed by atoms with Crippen LogP contribution in [0.25, 0.3) is 0 Å². The Balaban J connectivity index is 2.56. The van der Waals surface area contributed by atoms with Gasteiger partial charge in [-0.2, -0.15) is 0 Å². The van der Waals surface area contributed by atoms with Crippen LogP contribution in [-0.2, 0) is 9.53 Å². The minimum absolute atomic E-state index is 0.305. The summed E-state index contributed by atoms with van der Waals surface area (Å²) < 4.78 is 17.9. The molecule has 0 aliphatic rings. The van der Waals surface area contributed by atoms with Crippen molar-refractivity contribution in [2.45, 2.75) is 45.1 Å². The maximum atomic E-state index is 13.1. The van der Waals surface area contributed by atoms with Crippen LogP contribution in [0.2, 0.25) is 0 Å². The van der Waals surface area contributed by atoms with Gasteiger partial charge in [0.15, 0.2) is 0 Å². The second-order valence-electron chi connectivity index (χ2n) is 4.58. The monoisotopic (exact) mass is 267 g/mol. The Kier molecular flexibility index (Phi) is 6.93. The molecule has 0 spiro atoms. The van der Waals surface area contributed by atoms with E-state index in [1.807, 2.05) is 0 Å². The summed E-state index contributed by atoms with van der Waals surface area (Å²) in [6.07, 6.45) is 5.06. The summed E-state index contributed by atoms with van der Waals surface area (Å²) in [5.74, 6) is -0.625. The van der Waals surface area contributed by atoms with Gasteiger partial charge in [0.1, 0.15) is 11.9 Å². The first kappa shape index (κ1) is 15.5. The van der Waals surface area contributed by atoms with Crippen LogP contribution < -0.4 is 5.32 Å². The number of methoxy groups -OCH3 is 1. The summed E-state index contributed by atoms with van der Waals surface area (Å²) in [7, 11) is 1.37. The first-order valence-corrected chi connectivity index (χ1v) is 6.77. The minimum atomic E-state index is -0.413. The van der Waals surface area contributed by atoms with Crippen LogP contribution in [0.4, 0.5) is 10.1 Å². The zero-order chi connectivity index (χ0) is 14.1. The third kappa shape index (κ3) is 5.73. The highest BCUT2D eigenvalue weighted by atomic mass is 19.1. The van der Waals surface area contributed by atoms with Crippen molar-refractivity contribution in [2.24, 2.45) is 0 Å². The molecule has 0 amide bonds. The molecule has 1 N–H and O–H groups in total. The Bertz CT molecular complexity index is 395. The van der Waals surface area contributed by atoms with E-state index in [9.17, 15) is 9.18 Å². The van der Waals surface area contributed by atoms with Gasteiger partial charge in [-0.05, 0) is 24.6 Å². The number of benzene rings is 1. The summed E-state index contributed by atoms with van der Waals surface area (Å²) in [5.41, 5.74) is 0.603. The number of hydrogen-bond acceptors (Lipinski definition) is 3. The Hall–Kier alpha value is -1.58. The Morgan fingerprint density at radius 3 is 2.79 bits per heavy atom. The second-order valence-corrected chi connectivity index (χ2v) is 4.58. The van der Waals surface area contributed by atoms with Gasteiger partial charge in [-0.25, -0.2) is 9.18 Å². The first-order valence-electron chi connectivity index (χ1n) is 6.77. The minimum Gasteiger partial charge on any atom is -0.467 e. The molecule has 1 rings (SSSR count). The van der Waals surface area contributed by atoms with E-state index in [4.69, 9.17) is 4.74 Å². The molecule has 1 unspecified atom stereocenters. The summed E-state index contributed by atoms with van der Waals surface area (Å²) in [5, 5.41) is 3.03. The van der Waals surface area contributed by atoms with Gasteiger partial charge in [-0.15, -0.1) is 0 Å². The Morgan fingerprint density at radius 2 is 2.16 bits per heavy atom. The normalized spacial score (nSPS) is 11.9. The second kappa shape index (κ2) is 8.51. The molecule has 0 bridgehead atoms. The Labute approximate surface area is 114 Å². The van der Waals surface area contributed by atoms with Gasteiger partial charge in [0, 0.05) is 5.69 Å². The number of esters is 1. The molecule has 4 heteroatoms. The van der Waals surface area contributed by atoms with Crippen molar-refractivity contribution < 1.29 is 13.9 Å². The fourth-order valence-corrected chi connectivity index (χ4v) is 1.95. The number of nitrogens with one attached hydrogen (secondary N) is 1. The van der Waals surface area contributed by atoms with Gasteiger partial charge < -0.3 is 10.1 Å². The average Bonchev–Trinajstić information content (AvgIpc) is 2.41. The number of rotatable bonds is 8. The SMILES string of the molecule is CCCCCCC(Nc1cccc(F)c1)C(=O)OC. The number of carbonyl (C=O) groups excluding carboxylic acids is 1. The summed E-state index contributed by atoms with van der Waals surface area (Å²) in [4.78, 5) is 11.7. The first-order chi connectivity index (χ1) is 9.17. The molecule has 0 aliphatic carbocycles. The molecule has 19 heavy (non-hydrogen) atoms. The molecule has 106 valence electrons. The van der Waals surface area contributed by atoms with Crippen molar-refractivity contribution in [1.29, 1.82) is 0 Å². The maximum absolute atomic E-state index is 13.1. The maximum Gasteiger partial charge on any atom is 0.328 e. The fourth-order valence-electron chi connectivity index (χ4n) is 1.95. The third-order valence-electron chi connectivity index (χ3n) is 3.00. The van der Waals surface area contributed by atoms with Crippen molar-refractivity contribution in [3.8, 4) is 0 Å². The summed E-state index contributed by atoms with van der Waals surface area (Å²) in [6.45, 7) is 2.14. The number of halogens is 1. The number of hydrogen-bond donors (Lipinski definition) is 1. The van der Waals surface area contributed by atoms with Gasteiger partial charge in [-0.1, -0.05) is 38.7 Å². The van der Waals surface area contributed by atoms with E-state index < -0.39 is 6.04 Å². The molecule has 0 heterocycles. The summed E-state index contributed by atoms with van der Waals surface area (Å²) >= 11 is 0. The highest BCUT2D eigenvalue weighted by Gasteiger charge is 2.18. The zero-order valence-electron chi connectivity index (χ0n) is 11.6. The lowest BCUT2D eigenvalue weighted by atomic mass is 10.1. The van der Waals surface area contributed by atoms with Gasteiger partial charge >= 0.3 is 5.97 Å². The largest absolute Gasteiger partial charge is 0.467 e. The van der Waals surface area contributed by atoms with Crippen LogP contribution in [0.1, 0.15) is 39.0 Å². The van der Waals surface area contributed by atoms with Crippen LogP contribution in [0.5, 0.6) is 0 Å². The van der Waals surface area contributed by atoms with Crippen molar-refractivity contribution in [3.63, 3.8) is 0 Å². The summed E-state index contributed by atoms with van der Waals surface area (Å²) in [6, 6.07) is 5.69. The standard InChI is InChI=1S/C15H22FNO2/c1-3-4-5-6-10-14(15(18)19-2)17-13-9-7-8-12(16)11-13/h7-9,11,14,17H,3-6,10H2,1-2H3. The third-order valence-corrected chi connectivity index (χ3v) is 3.00. The van der Waals surface area contributed by atoms with Crippen molar-refractivity contribution in [3.05, 3.63) is 30.1 Å². The smallest absolute Gasteiger partial charge is 0.328 e. The highest BCUT2D eigenvalue weighted by Crippen LogP contribution is 2.15. The lowest BCUT2D eigenvalue weighted by Crippen LogP contribution is -2.30. The number of anilines is 1. The molecule has 0 saturated heterocycles. The molecule has 0 radical (unpaired) electrons. The Morgan fingerprint density at radius 1 is 1.37 bits per heavy atom.